The minimum absolute atomic E-state index is 0.163. The number of benzene rings is 2. The maximum absolute atomic E-state index is 12.5. The Hall–Kier alpha value is -3.54. The Labute approximate surface area is 163 Å². The summed E-state index contributed by atoms with van der Waals surface area (Å²) in [6, 6.07) is 19.6. The highest BCUT2D eigenvalue weighted by molar-refractivity contribution is 5.98. The molecule has 0 aliphatic rings. The number of carbonyl (C=O) groups excluding carboxylic acids is 2. The fraction of sp³-hybridized carbons (Fsp3) is 0.182. The van der Waals surface area contributed by atoms with Crippen molar-refractivity contribution in [2.45, 2.75) is 13.0 Å². The van der Waals surface area contributed by atoms with Crippen molar-refractivity contribution in [3.63, 3.8) is 0 Å². The standard InChI is InChI=1S/C22H22N2O4/c1-2-27-18-12-7-6-11-17(18)22(26)23-15-20(25)24-21(19-13-8-14-28-19)16-9-4-3-5-10-16/h3-14,21H,2,15H2,1H3,(H,23,26)(H,24,25). The van der Waals surface area contributed by atoms with E-state index >= 15 is 0 Å². The Balaban J connectivity index is 1.65. The topological polar surface area (TPSA) is 80.6 Å². The molecule has 1 heterocycles. The molecule has 0 radical (unpaired) electrons. The predicted octanol–water partition coefficient (Wildman–Crippen LogP) is 3.31. The van der Waals surface area contributed by atoms with E-state index < -0.39 is 6.04 Å². The van der Waals surface area contributed by atoms with Gasteiger partial charge in [-0.15, -0.1) is 0 Å². The largest absolute Gasteiger partial charge is 0.493 e. The number of carbonyl (C=O) groups is 2. The smallest absolute Gasteiger partial charge is 0.255 e. The SMILES string of the molecule is CCOc1ccccc1C(=O)NCC(=O)NC(c1ccccc1)c1ccco1. The van der Waals surface area contributed by atoms with Gasteiger partial charge in [0.1, 0.15) is 17.6 Å². The molecule has 2 amide bonds. The second-order valence-corrected chi connectivity index (χ2v) is 6.04. The third-order valence-corrected chi connectivity index (χ3v) is 4.11. The monoisotopic (exact) mass is 378 g/mol. The van der Waals surface area contributed by atoms with E-state index in [2.05, 4.69) is 10.6 Å². The summed E-state index contributed by atoms with van der Waals surface area (Å²) in [4.78, 5) is 24.9. The van der Waals surface area contributed by atoms with Crippen molar-refractivity contribution < 1.29 is 18.7 Å². The predicted molar refractivity (Wildman–Crippen MR) is 105 cm³/mol. The third kappa shape index (κ3) is 4.79. The first-order valence-electron chi connectivity index (χ1n) is 9.06. The summed E-state index contributed by atoms with van der Waals surface area (Å²) >= 11 is 0. The number of rotatable bonds is 8. The molecule has 2 N–H and O–H groups in total. The van der Waals surface area contributed by atoms with Gasteiger partial charge in [0.05, 0.1) is 25.0 Å². The zero-order chi connectivity index (χ0) is 19.8. The van der Waals surface area contributed by atoms with Crippen molar-refractivity contribution in [3.05, 3.63) is 89.9 Å². The van der Waals surface area contributed by atoms with E-state index in [1.807, 2.05) is 37.3 Å². The molecule has 0 saturated heterocycles. The second kappa shape index (κ2) is 9.41. The molecule has 28 heavy (non-hydrogen) atoms. The average Bonchev–Trinajstić information content (AvgIpc) is 3.26. The zero-order valence-corrected chi connectivity index (χ0v) is 15.6. The molecule has 0 fully saturated rings. The summed E-state index contributed by atoms with van der Waals surface area (Å²) in [7, 11) is 0. The van der Waals surface area contributed by atoms with Gasteiger partial charge in [0.25, 0.3) is 5.91 Å². The maximum atomic E-state index is 12.5. The van der Waals surface area contributed by atoms with Crippen molar-refractivity contribution in [2.75, 3.05) is 13.2 Å². The van der Waals surface area contributed by atoms with E-state index in [9.17, 15) is 9.59 Å². The zero-order valence-electron chi connectivity index (χ0n) is 15.6. The van der Waals surface area contributed by atoms with E-state index in [-0.39, 0.29) is 18.4 Å². The van der Waals surface area contributed by atoms with Crippen LogP contribution in [0.2, 0.25) is 0 Å². The van der Waals surface area contributed by atoms with Gasteiger partial charge < -0.3 is 19.8 Å². The van der Waals surface area contributed by atoms with Crippen LogP contribution >= 0.6 is 0 Å². The first-order valence-corrected chi connectivity index (χ1v) is 9.06. The molecule has 3 aromatic rings. The van der Waals surface area contributed by atoms with Crippen LogP contribution in [0.4, 0.5) is 0 Å². The number of amides is 2. The van der Waals surface area contributed by atoms with Crippen LogP contribution in [0.1, 0.15) is 34.6 Å². The highest BCUT2D eigenvalue weighted by Crippen LogP contribution is 2.22. The van der Waals surface area contributed by atoms with Crippen LogP contribution in [-0.2, 0) is 4.79 Å². The molecule has 0 aliphatic heterocycles. The molecular weight excluding hydrogens is 356 g/mol. The Morgan fingerprint density at radius 2 is 1.75 bits per heavy atom. The van der Waals surface area contributed by atoms with Gasteiger partial charge in [0.15, 0.2) is 0 Å². The number of hydrogen-bond acceptors (Lipinski definition) is 4. The second-order valence-electron chi connectivity index (χ2n) is 6.04. The lowest BCUT2D eigenvalue weighted by Gasteiger charge is -2.17. The molecule has 1 unspecified atom stereocenters. The number of para-hydroxylation sites is 1. The molecule has 0 bridgehead atoms. The first-order chi connectivity index (χ1) is 13.7. The van der Waals surface area contributed by atoms with Crippen LogP contribution in [0.5, 0.6) is 5.75 Å². The Bertz CT molecular complexity index is 907. The van der Waals surface area contributed by atoms with Crippen LogP contribution in [0.25, 0.3) is 0 Å². The van der Waals surface area contributed by atoms with Gasteiger partial charge in [0, 0.05) is 0 Å². The van der Waals surface area contributed by atoms with Gasteiger partial charge in [-0.3, -0.25) is 9.59 Å². The number of ether oxygens (including phenoxy) is 1. The summed E-state index contributed by atoms with van der Waals surface area (Å²) in [5.41, 5.74) is 1.28. The van der Waals surface area contributed by atoms with Gasteiger partial charge in [-0.25, -0.2) is 0 Å². The van der Waals surface area contributed by atoms with Crippen LogP contribution < -0.4 is 15.4 Å². The molecule has 6 nitrogen and oxygen atoms in total. The van der Waals surface area contributed by atoms with Crippen LogP contribution in [0.15, 0.2) is 77.4 Å². The molecule has 1 atom stereocenters. The van der Waals surface area contributed by atoms with Gasteiger partial charge in [-0.1, -0.05) is 42.5 Å². The summed E-state index contributed by atoms with van der Waals surface area (Å²) in [5, 5.41) is 5.54. The molecule has 144 valence electrons. The molecule has 0 spiro atoms. The van der Waals surface area contributed by atoms with Crippen LogP contribution in [0.3, 0.4) is 0 Å². The first kappa shape index (κ1) is 19.2. The molecule has 3 rings (SSSR count). The number of hydrogen-bond donors (Lipinski definition) is 2. The highest BCUT2D eigenvalue weighted by Gasteiger charge is 2.20. The van der Waals surface area contributed by atoms with Gasteiger partial charge >= 0.3 is 0 Å². The fourth-order valence-electron chi connectivity index (χ4n) is 2.82. The molecule has 6 heteroatoms. The summed E-state index contributed by atoms with van der Waals surface area (Å²) < 4.78 is 10.9. The fourth-order valence-corrected chi connectivity index (χ4v) is 2.82. The summed E-state index contributed by atoms with van der Waals surface area (Å²) in [6.07, 6.45) is 1.56. The highest BCUT2D eigenvalue weighted by atomic mass is 16.5. The van der Waals surface area contributed by atoms with Crippen molar-refractivity contribution in [1.82, 2.24) is 10.6 Å². The van der Waals surface area contributed by atoms with E-state index in [1.54, 1.807) is 42.7 Å². The van der Waals surface area contributed by atoms with E-state index in [0.717, 1.165) is 5.56 Å². The molecular formula is C22H22N2O4. The van der Waals surface area contributed by atoms with Crippen molar-refractivity contribution >= 4 is 11.8 Å². The average molecular weight is 378 g/mol. The van der Waals surface area contributed by atoms with Gasteiger partial charge in [-0.05, 0) is 36.8 Å². The van der Waals surface area contributed by atoms with Gasteiger partial charge in [-0.2, -0.15) is 0 Å². The van der Waals surface area contributed by atoms with Crippen LogP contribution in [-0.4, -0.2) is 25.0 Å². The lowest BCUT2D eigenvalue weighted by atomic mass is 10.0. The summed E-state index contributed by atoms with van der Waals surface area (Å²) in [5.74, 6) is 0.411. The van der Waals surface area contributed by atoms with Crippen LogP contribution in [0, 0.1) is 0 Å². The van der Waals surface area contributed by atoms with Crippen molar-refractivity contribution in [3.8, 4) is 5.75 Å². The molecule has 2 aromatic carbocycles. The summed E-state index contributed by atoms with van der Waals surface area (Å²) in [6.45, 7) is 2.14. The maximum Gasteiger partial charge on any atom is 0.255 e. The minimum atomic E-state index is -0.434. The molecule has 0 saturated carbocycles. The minimum Gasteiger partial charge on any atom is -0.493 e. The molecule has 1 aromatic heterocycles. The van der Waals surface area contributed by atoms with E-state index in [4.69, 9.17) is 9.15 Å². The van der Waals surface area contributed by atoms with Crippen molar-refractivity contribution in [2.24, 2.45) is 0 Å². The number of furan rings is 1. The lowest BCUT2D eigenvalue weighted by Crippen LogP contribution is -2.39. The van der Waals surface area contributed by atoms with Gasteiger partial charge in [0.2, 0.25) is 5.91 Å². The third-order valence-electron chi connectivity index (χ3n) is 4.11. The Morgan fingerprint density at radius 3 is 2.46 bits per heavy atom. The lowest BCUT2D eigenvalue weighted by molar-refractivity contribution is -0.120. The van der Waals surface area contributed by atoms with Crippen molar-refractivity contribution in [1.29, 1.82) is 0 Å². The van der Waals surface area contributed by atoms with E-state index in [1.165, 1.54) is 0 Å². The quantitative estimate of drug-likeness (QED) is 0.630. The van der Waals surface area contributed by atoms with E-state index in [0.29, 0.717) is 23.7 Å². The molecule has 0 aliphatic carbocycles. The Kier molecular flexibility index (Phi) is 6.46. The number of nitrogens with one attached hydrogen (secondary N) is 2. The normalized spacial score (nSPS) is 11.5. The Morgan fingerprint density at radius 1 is 1.00 bits per heavy atom.